The van der Waals surface area contributed by atoms with Crippen molar-refractivity contribution in [2.24, 2.45) is 5.10 Å². The Balaban J connectivity index is 1.65. The molecule has 0 fully saturated rings. The summed E-state index contributed by atoms with van der Waals surface area (Å²) in [6.45, 7) is 0. The number of benzene rings is 1. The molecule has 0 unspecified atom stereocenters. The molecule has 0 atom stereocenters. The first kappa shape index (κ1) is 16.8. The number of pyridine rings is 1. The molecule has 0 saturated carbocycles. The zero-order chi connectivity index (χ0) is 18.5. The van der Waals surface area contributed by atoms with Gasteiger partial charge in [-0.2, -0.15) is 5.10 Å². The summed E-state index contributed by atoms with van der Waals surface area (Å²) in [6.07, 6.45) is 2.54. The number of nitro benzene ring substituents is 1. The molecule has 0 radical (unpaired) electrons. The number of aromatic nitrogens is 1. The van der Waals surface area contributed by atoms with Crippen LogP contribution < -0.4 is 5.43 Å². The van der Waals surface area contributed by atoms with Gasteiger partial charge in [0.15, 0.2) is 0 Å². The molecule has 10 heteroatoms. The van der Waals surface area contributed by atoms with Crippen LogP contribution in [0.4, 0.5) is 17.2 Å². The Morgan fingerprint density at radius 1 is 0.962 bits per heavy atom. The van der Waals surface area contributed by atoms with Gasteiger partial charge in [0, 0.05) is 23.8 Å². The van der Waals surface area contributed by atoms with Gasteiger partial charge in [0.1, 0.15) is 23.5 Å². The van der Waals surface area contributed by atoms with Crippen molar-refractivity contribution in [3.8, 4) is 11.3 Å². The molecule has 0 aliphatic carbocycles. The van der Waals surface area contributed by atoms with E-state index in [0.717, 1.165) is 6.20 Å². The number of nitrogens with zero attached hydrogens (tertiary/aromatic N) is 4. The average molecular weight is 353 g/mol. The Labute approximate surface area is 146 Å². The van der Waals surface area contributed by atoms with Crippen molar-refractivity contribution >= 4 is 23.4 Å². The first-order chi connectivity index (χ1) is 12.5. The molecule has 10 nitrogen and oxygen atoms in total. The van der Waals surface area contributed by atoms with Gasteiger partial charge in [-0.05, 0) is 30.3 Å². The summed E-state index contributed by atoms with van der Waals surface area (Å²) in [5.41, 5.74) is 3.21. The third-order valence-electron chi connectivity index (χ3n) is 3.32. The Kier molecular flexibility index (Phi) is 4.65. The third kappa shape index (κ3) is 3.87. The van der Waals surface area contributed by atoms with Crippen molar-refractivity contribution in [2.45, 2.75) is 0 Å². The Morgan fingerprint density at radius 3 is 2.27 bits per heavy atom. The number of hydrogen-bond donors (Lipinski definition) is 1. The molecule has 3 rings (SSSR count). The topological polar surface area (TPSA) is 137 Å². The molecular formula is C16H11N5O5. The van der Waals surface area contributed by atoms with Gasteiger partial charge in [0.25, 0.3) is 11.4 Å². The van der Waals surface area contributed by atoms with Crippen molar-refractivity contribution in [1.82, 2.24) is 4.98 Å². The largest absolute Gasteiger partial charge is 0.455 e. The van der Waals surface area contributed by atoms with Gasteiger partial charge in [-0.3, -0.25) is 25.7 Å². The fourth-order valence-electron chi connectivity index (χ4n) is 2.05. The van der Waals surface area contributed by atoms with Gasteiger partial charge < -0.3 is 4.42 Å². The van der Waals surface area contributed by atoms with E-state index in [1.165, 1.54) is 30.5 Å². The van der Waals surface area contributed by atoms with Crippen LogP contribution in [-0.4, -0.2) is 21.0 Å². The lowest BCUT2D eigenvalue weighted by molar-refractivity contribution is -0.385. The summed E-state index contributed by atoms with van der Waals surface area (Å²) in [5, 5.41) is 25.2. The van der Waals surface area contributed by atoms with E-state index in [-0.39, 0.29) is 11.4 Å². The van der Waals surface area contributed by atoms with E-state index in [0.29, 0.717) is 22.9 Å². The number of hydrazone groups is 1. The quantitative estimate of drug-likeness (QED) is 0.406. The summed E-state index contributed by atoms with van der Waals surface area (Å²) in [4.78, 5) is 24.1. The van der Waals surface area contributed by atoms with E-state index in [4.69, 9.17) is 4.42 Å². The first-order valence-electron chi connectivity index (χ1n) is 7.27. The molecule has 1 aromatic carbocycles. The van der Waals surface area contributed by atoms with Crippen LogP contribution in [0.3, 0.4) is 0 Å². The molecule has 0 bridgehead atoms. The standard InChI is InChI=1S/C16H11N5O5/c22-20(23)12-3-1-11(2-4-12)15-7-6-14(26-15)10-18-19-16-8-5-13(9-17-16)21(24)25/h1-10H,(H,17,19)/b18-10-. The Bertz CT molecular complexity index is 963. The van der Waals surface area contributed by atoms with Crippen LogP contribution in [0, 0.1) is 20.2 Å². The summed E-state index contributed by atoms with van der Waals surface area (Å²) >= 11 is 0. The maximum atomic E-state index is 10.7. The van der Waals surface area contributed by atoms with E-state index in [1.807, 2.05) is 0 Å². The normalized spacial score (nSPS) is 10.8. The minimum absolute atomic E-state index is 0.00175. The van der Waals surface area contributed by atoms with Gasteiger partial charge in [-0.1, -0.05) is 0 Å². The van der Waals surface area contributed by atoms with Crippen molar-refractivity contribution in [1.29, 1.82) is 0 Å². The highest BCUT2D eigenvalue weighted by Gasteiger charge is 2.08. The number of hydrogen-bond acceptors (Lipinski definition) is 8. The van der Waals surface area contributed by atoms with Crippen molar-refractivity contribution < 1.29 is 14.3 Å². The molecule has 26 heavy (non-hydrogen) atoms. The maximum Gasteiger partial charge on any atom is 0.287 e. The highest BCUT2D eigenvalue weighted by atomic mass is 16.6. The molecule has 2 heterocycles. The van der Waals surface area contributed by atoms with Gasteiger partial charge >= 0.3 is 0 Å². The summed E-state index contributed by atoms with van der Waals surface area (Å²) < 4.78 is 5.59. The van der Waals surface area contributed by atoms with Gasteiger partial charge in [-0.25, -0.2) is 4.98 Å². The van der Waals surface area contributed by atoms with Crippen LogP contribution in [0.15, 0.2) is 64.2 Å². The molecule has 1 N–H and O–H groups in total. The predicted octanol–water partition coefficient (Wildman–Crippen LogP) is 3.60. The highest BCUT2D eigenvalue weighted by Crippen LogP contribution is 2.24. The van der Waals surface area contributed by atoms with E-state index >= 15 is 0 Å². The summed E-state index contributed by atoms with van der Waals surface area (Å²) in [6, 6.07) is 12.1. The number of anilines is 1. The molecular weight excluding hydrogens is 342 g/mol. The molecule has 0 aliphatic heterocycles. The molecule has 0 amide bonds. The average Bonchev–Trinajstić information content (AvgIpc) is 3.11. The number of rotatable bonds is 6. The molecule has 2 aromatic heterocycles. The van der Waals surface area contributed by atoms with Gasteiger partial charge in [0.2, 0.25) is 0 Å². The lowest BCUT2D eigenvalue weighted by Crippen LogP contribution is -1.94. The zero-order valence-corrected chi connectivity index (χ0v) is 13.1. The smallest absolute Gasteiger partial charge is 0.287 e. The lowest BCUT2D eigenvalue weighted by atomic mass is 10.1. The van der Waals surface area contributed by atoms with E-state index in [2.05, 4.69) is 15.5 Å². The third-order valence-corrected chi connectivity index (χ3v) is 3.32. The zero-order valence-electron chi connectivity index (χ0n) is 13.1. The fraction of sp³-hybridized carbons (Fsp3) is 0. The van der Waals surface area contributed by atoms with Crippen molar-refractivity contribution in [3.63, 3.8) is 0 Å². The van der Waals surface area contributed by atoms with Crippen LogP contribution in [0.25, 0.3) is 11.3 Å². The molecule has 0 aliphatic rings. The minimum atomic E-state index is -0.539. The molecule has 0 saturated heterocycles. The summed E-state index contributed by atoms with van der Waals surface area (Å²) in [7, 11) is 0. The number of nitro groups is 2. The van der Waals surface area contributed by atoms with Crippen LogP contribution in [0.2, 0.25) is 0 Å². The van der Waals surface area contributed by atoms with Gasteiger partial charge in [0.05, 0.1) is 16.1 Å². The van der Waals surface area contributed by atoms with Crippen LogP contribution >= 0.6 is 0 Å². The summed E-state index contributed by atoms with van der Waals surface area (Å²) in [5.74, 6) is 1.33. The lowest BCUT2D eigenvalue weighted by Gasteiger charge is -1.98. The van der Waals surface area contributed by atoms with Crippen molar-refractivity contribution in [3.05, 3.63) is 80.7 Å². The second-order valence-corrected chi connectivity index (χ2v) is 5.03. The van der Waals surface area contributed by atoms with E-state index < -0.39 is 9.85 Å². The fourth-order valence-corrected chi connectivity index (χ4v) is 2.05. The minimum Gasteiger partial charge on any atom is -0.455 e. The number of nitrogens with one attached hydrogen (secondary N) is 1. The second-order valence-electron chi connectivity index (χ2n) is 5.03. The van der Waals surface area contributed by atoms with E-state index in [1.54, 1.807) is 24.3 Å². The van der Waals surface area contributed by atoms with E-state index in [9.17, 15) is 20.2 Å². The SMILES string of the molecule is O=[N+]([O-])c1ccc(-c2ccc(/C=N\Nc3ccc([N+](=O)[O-])cn3)o2)cc1. The molecule has 0 spiro atoms. The first-order valence-corrected chi connectivity index (χ1v) is 7.27. The van der Waals surface area contributed by atoms with Crippen molar-refractivity contribution in [2.75, 3.05) is 5.43 Å². The second kappa shape index (κ2) is 7.21. The number of furan rings is 1. The van der Waals surface area contributed by atoms with Gasteiger partial charge in [-0.15, -0.1) is 0 Å². The Morgan fingerprint density at radius 2 is 1.65 bits per heavy atom. The maximum absolute atomic E-state index is 10.7. The molecule has 3 aromatic rings. The van der Waals surface area contributed by atoms with Crippen LogP contribution in [0.1, 0.15) is 5.76 Å². The van der Waals surface area contributed by atoms with Crippen LogP contribution in [-0.2, 0) is 0 Å². The monoisotopic (exact) mass is 353 g/mol. The predicted molar refractivity (Wildman–Crippen MR) is 92.9 cm³/mol. The number of non-ortho nitro benzene ring substituents is 1. The van der Waals surface area contributed by atoms with Crippen LogP contribution in [0.5, 0.6) is 0 Å². The molecule has 130 valence electrons. The Hall–Kier alpha value is -4.08. The highest BCUT2D eigenvalue weighted by molar-refractivity contribution is 5.78.